The predicted molar refractivity (Wildman–Crippen MR) is 84.4 cm³/mol. The minimum atomic E-state index is -3.13. The topological polar surface area (TPSA) is 84.8 Å². The molecule has 22 heavy (non-hydrogen) atoms. The second-order valence-electron chi connectivity index (χ2n) is 5.31. The van der Waals surface area contributed by atoms with Crippen molar-refractivity contribution in [3.8, 4) is 0 Å². The van der Waals surface area contributed by atoms with Crippen molar-refractivity contribution < 1.29 is 18.0 Å². The van der Waals surface area contributed by atoms with Gasteiger partial charge in [-0.15, -0.1) is 0 Å². The summed E-state index contributed by atoms with van der Waals surface area (Å²) in [6, 6.07) is 9.03. The fourth-order valence-electron chi connectivity index (χ4n) is 2.20. The van der Waals surface area contributed by atoms with E-state index in [9.17, 15) is 13.2 Å². The summed E-state index contributed by atoms with van der Waals surface area (Å²) in [5.74, 6) is -0.351. The van der Waals surface area contributed by atoms with Crippen molar-refractivity contribution in [3.05, 3.63) is 35.9 Å². The molecule has 120 valence electrons. The number of carbonyl (C=O) groups excluding carboxylic acids is 1. The molecule has 1 aliphatic rings. The van der Waals surface area contributed by atoms with E-state index >= 15 is 0 Å². The van der Waals surface area contributed by atoms with Crippen LogP contribution in [0.2, 0.25) is 0 Å². The van der Waals surface area contributed by atoms with E-state index < -0.39 is 22.0 Å². The third kappa shape index (κ3) is 4.30. The van der Waals surface area contributed by atoms with Crippen LogP contribution in [0.5, 0.6) is 0 Å². The number of hydrogen-bond acceptors (Lipinski definition) is 5. The van der Waals surface area contributed by atoms with Gasteiger partial charge in [0, 0.05) is 18.2 Å². The molecule has 0 unspecified atom stereocenters. The predicted octanol–water partition coefficient (Wildman–Crippen LogP) is 1.12. The lowest BCUT2D eigenvalue weighted by molar-refractivity contribution is -0.131. The van der Waals surface area contributed by atoms with Gasteiger partial charge in [-0.05, 0) is 12.5 Å². The highest BCUT2D eigenvalue weighted by molar-refractivity contribution is 7.91. The van der Waals surface area contributed by atoms with Crippen molar-refractivity contribution in [1.29, 1.82) is 0 Å². The third-order valence-corrected chi connectivity index (χ3v) is 5.29. The molecule has 0 bridgehead atoms. The number of benzene rings is 1. The van der Waals surface area contributed by atoms with Gasteiger partial charge in [0.2, 0.25) is 6.10 Å². The van der Waals surface area contributed by atoms with E-state index in [2.05, 4.69) is 10.5 Å². The van der Waals surface area contributed by atoms with Crippen LogP contribution in [0.4, 0.5) is 0 Å². The first-order valence-corrected chi connectivity index (χ1v) is 9.02. The smallest absolute Gasteiger partial charge is 0.264 e. The lowest BCUT2D eigenvalue weighted by atomic mass is 10.0. The molecular weight excluding hydrogens is 304 g/mol. The molecule has 1 heterocycles. The fraction of sp³-hybridized carbons (Fsp3) is 0.467. The summed E-state index contributed by atoms with van der Waals surface area (Å²) in [5, 5.41) is 6.61. The number of nitrogens with one attached hydrogen (secondary N) is 1. The summed E-state index contributed by atoms with van der Waals surface area (Å²) in [4.78, 5) is 17.3. The molecule has 1 aromatic rings. The molecule has 2 atom stereocenters. The van der Waals surface area contributed by atoms with E-state index in [1.165, 1.54) is 0 Å². The first-order valence-electron chi connectivity index (χ1n) is 7.20. The monoisotopic (exact) mass is 324 g/mol. The van der Waals surface area contributed by atoms with Gasteiger partial charge >= 0.3 is 0 Å². The minimum absolute atomic E-state index is 0.0639. The molecule has 0 saturated heterocycles. The SMILES string of the molecule is CCS(=O)(=O)C[C@@H](C)NC(=O)[C@@H]1CC(c2ccccc2)=NO1. The summed E-state index contributed by atoms with van der Waals surface area (Å²) < 4.78 is 23.1. The van der Waals surface area contributed by atoms with Crippen LogP contribution in [0.3, 0.4) is 0 Å². The molecule has 0 saturated carbocycles. The largest absolute Gasteiger partial charge is 0.382 e. The van der Waals surface area contributed by atoms with E-state index in [1.807, 2.05) is 30.3 Å². The summed E-state index contributed by atoms with van der Waals surface area (Å²) in [7, 11) is -3.13. The number of sulfone groups is 1. The average Bonchev–Trinajstić information content (AvgIpc) is 2.97. The fourth-order valence-corrected chi connectivity index (χ4v) is 3.28. The second kappa shape index (κ2) is 6.91. The van der Waals surface area contributed by atoms with Crippen LogP contribution in [0.15, 0.2) is 35.5 Å². The highest BCUT2D eigenvalue weighted by Crippen LogP contribution is 2.16. The molecule has 0 fully saturated rings. The summed E-state index contributed by atoms with van der Waals surface area (Å²) in [6.07, 6.45) is -0.328. The van der Waals surface area contributed by atoms with Gasteiger partial charge in [0.15, 0.2) is 9.84 Å². The molecule has 0 aliphatic carbocycles. The Balaban J connectivity index is 1.88. The Morgan fingerprint density at radius 1 is 1.41 bits per heavy atom. The summed E-state index contributed by atoms with van der Waals surface area (Å²) in [6.45, 7) is 3.25. The molecule has 6 nitrogen and oxygen atoms in total. The van der Waals surface area contributed by atoms with Gasteiger partial charge in [-0.3, -0.25) is 4.79 Å². The van der Waals surface area contributed by atoms with Gasteiger partial charge < -0.3 is 10.2 Å². The Hall–Kier alpha value is -1.89. The van der Waals surface area contributed by atoms with Gasteiger partial charge in [-0.2, -0.15) is 0 Å². The number of amides is 1. The maximum absolute atomic E-state index is 12.1. The molecule has 1 aliphatic heterocycles. The molecule has 1 aromatic carbocycles. The zero-order valence-electron chi connectivity index (χ0n) is 12.7. The van der Waals surface area contributed by atoms with E-state index in [0.29, 0.717) is 6.42 Å². The minimum Gasteiger partial charge on any atom is -0.382 e. The zero-order valence-corrected chi connectivity index (χ0v) is 13.5. The van der Waals surface area contributed by atoms with Crippen LogP contribution in [0.1, 0.15) is 25.8 Å². The first-order chi connectivity index (χ1) is 10.4. The number of oxime groups is 1. The van der Waals surface area contributed by atoms with E-state index in [1.54, 1.807) is 13.8 Å². The lowest BCUT2D eigenvalue weighted by Crippen LogP contribution is -2.43. The van der Waals surface area contributed by atoms with Gasteiger partial charge in [-0.1, -0.05) is 42.4 Å². The summed E-state index contributed by atoms with van der Waals surface area (Å²) in [5.41, 5.74) is 1.63. The quantitative estimate of drug-likeness (QED) is 0.850. The Morgan fingerprint density at radius 2 is 2.09 bits per heavy atom. The highest BCUT2D eigenvalue weighted by Gasteiger charge is 2.30. The van der Waals surface area contributed by atoms with Crippen molar-refractivity contribution in [2.75, 3.05) is 11.5 Å². The first kappa shape index (κ1) is 16.5. The third-order valence-electron chi connectivity index (χ3n) is 3.40. The number of hydrogen-bond donors (Lipinski definition) is 1. The van der Waals surface area contributed by atoms with Crippen LogP contribution in [0, 0.1) is 0 Å². The molecule has 0 aromatic heterocycles. The number of carbonyl (C=O) groups is 1. The van der Waals surface area contributed by atoms with Crippen molar-refractivity contribution in [2.45, 2.75) is 32.4 Å². The molecule has 7 heteroatoms. The Kier molecular flexibility index (Phi) is 5.18. The maximum atomic E-state index is 12.1. The van der Waals surface area contributed by atoms with Gasteiger partial charge in [0.1, 0.15) is 0 Å². The lowest BCUT2D eigenvalue weighted by Gasteiger charge is -2.15. The van der Waals surface area contributed by atoms with Gasteiger partial charge in [-0.25, -0.2) is 8.42 Å². The zero-order chi connectivity index (χ0) is 16.2. The molecule has 0 spiro atoms. The van der Waals surface area contributed by atoms with Crippen LogP contribution in [-0.4, -0.2) is 43.7 Å². The van der Waals surface area contributed by atoms with E-state index in [4.69, 9.17) is 4.84 Å². The average molecular weight is 324 g/mol. The van der Waals surface area contributed by atoms with Crippen LogP contribution in [-0.2, 0) is 19.5 Å². The molecule has 2 rings (SSSR count). The van der Waals surface area contributed by atoms with E-state index in [0.717, 1.165) is 11.3 Å². The molecule has 1 amide bonds. The number of rotatable bonds is 6. The van der Waals surface area contributed by atoms with Crippen molar-refractivity contribution in [3.63, 3.8) is 0 Å². The van der Waals surface area contributed by atoms with Crippen molar-refractivity contribution in [1.82, 2.24) is 5.32 Å². The Morgan fingerprint density at radius 3 is 2.73 bits per heavy atom. The molecule has 1 N–H and O–H groups in total. The number of nitrogens with zero attached hydrogens (tertiary/aromatic N) is 1. The normalized spacial score (nSPS) is 19.2. The molecular formula is C15H20N2O4S. The Labute approximate surface area is 130 Å². The van der Waals surface area contributed by atoms with Gasteiger partial charge in [0.05, 0.1) is 11.5 Å². The summed E-state index contributed by atoms with van der Waals surface area (Å²) >= 11 is 0. The van der Waals surface area contributed by atoms with Crippen LogP contribution < -0.4 is 5.32 Å². The van der Waals surface area contributed by atoms with Gasteiger partial charge in [0.25, 0.3) is 5.91 Å². The Bertz CT molecular complexity index is 655. The van der Waals surface area contributed by atoms with Crippen LogP contribution >= 0.6 is 0 Å². The van der Waals surface area contributed by atoms with Crippen LogP contribution in [0.25, 0.3) is 0 Å². The standard InChI is InChI=1S/C15H20N2O4S/c1-3-22(19,20)10-11(2)16-15(18)14-9-13(17-21-14)12-7-5-4-6-8-12/h4-8,11,14H,3,9-10H2,1-2H3,(H,16,18)/t11-,14+/m1/s1. The van der Waals surface area contributed by atoms with Crippen molar-refractivity contribution >= 4 is 21.5 Å². The maximum Gasteiger partial charge on any atom is 0.264 e. The van der Waals surface area contributed by atoms with E-state index in [-0.39, 0.29) is 17.4 Å². The second-order valence-corrected chi connectivity index (χ2v) is 7.71. The highest BCUT2D eigenvalue weighted by atomic mass is 32.2. The molecule has 0 radical (unpaired) electrons. The van der Waals surface area contributed by atoms with Crippen molar-refractivity contribution in [2.24, 2.45) is 5.16 Å².